The summed E-state index contributed by atoms with van der Waals surface area (Å²) in [7, 11) is 1.61. The van der Waals surface area contributed by atoms with Gasteiger partial charge in [0.05, 0.1) is 32.6 Å². The highest BCUT2D eigenvalue weighted by molar-refractivity contribution is 5.94. The van der Waals surface area contributed by atoms with Crippen molar-refractivity contribution in [2.24, 2.45) is 5.92 Å². The number of carbonyl (C=O) groups is 2. The van der Waals surface area contributed by atoms with Crippen LogP contribution in [0.4, 0.5) is 4.39 Å². The van der Waals surface area contributed by atoms with Gasteiger partial charge in [-0.2, -0.15) is 4.98 Å². The van der Waals surface area contributed by atoms with E-state index in [1.807, 2.05) is 60.7 Å². The molecule has 48 heavy (non-hydrogen) atoms. The maximum Gasteiger partial charge on any atom is 0.320 e. The fourth-order valence-corrected chi connectivity index (χ4v) is 5.05. The van der Waals surface area contributed by atoms with Gasteiger partial charge in [-0.3, -0.25) is 9.59 Å². The summed E-state index contributed by atoms with van der Waals surface area (Å²) in [4.78, 5) is 34.0. The molecule has 1 aromatic heterocycles. The fraction of sp³-hybridized carbons (Fsp3) is 0.263. The lowest BCUT2D eigenvalue weighted by atomic mass is 10.0. The number of aromatic nitrogens is 2. The molecular formula is C38H37FN2O7. The molecule has 0 radical (unpaired) electrons. The van der Waals surface area contributed by atoms with E-state index in [1.165, 1.54) is 6.07 Å². The summed E-state index contributed by atoms with van der Waals surface area (Å²) in [5, 5.41) is 1.88. The molecule has 0 aliphatic heterocycles. The van der Waals surface area contributed by atoms with Crippen LogP contribution in [-0.2, 0) is 25.7 Å². The summed E-state index contributed by atoms with van der Waals surface area (Å²) in [6, 6.07) is 27.3. The van der Waals surface area contributed by atoms with Gasteiger partial charge >= 0.3 is 11.9 Å². The van der Waals surface area contributed by atoms with Gasteiger partial charge in [-0.05, 0) is 86.0 Å². The number of carbonyl (C=O) groups excluding carboxylic acids is 2. The minimum absolute atomic E-state index is 0.0119. The quantitative estimate of drug-likeness (QED) is 0.0642. The first-order chi connectivity index (χ1) is 23.4. The molecule has 0 amide bonds. The summed E-state index contributed by atoms with van der Waals surface area (Å²) in [6.07, 6.45) is 0.721. The predicted octanol–water partition coefficient (Wildman–Crippen LogP) is 7.59. The average molecular weight is 653 g/mol. The first-order valence-corrected chi connectivity index (χ1v) is 15.8. The van der Waals surface area contributed by atoms with Crippen LogP contribution in [0, 0.1) is 11.7 Å². The highest BCUT2D eigenvalue weighted by atomic mass is 19.1. The van der Waals surface area contributed by atoms with Crippen LogP contribution in [0.25, 0.3) is 33.4 Å². The molecule has 0 aliphatic rings. The Bertz CT molecular complexity index is 1840. The molecule has 0 aliphatic carbocycles. The Kier molecular flexibility index (Phi) is 11.5. The maximum atomic E-state index is 14.3. The van der Waals surface area contributed by atoms with Crippen molar-refractivity contribution in [3.63, 3.8) is 0 Å². The van der Waals surface area contributed by atoms with Gasteiger partial charge in [0.1, 0.15) is 23.9 Å². The van der Waals surface area contributed by atoms with Crippen molar-refractivity contribution in [3.05, 3.63) is 102 Å². The number of fused-ring (bicyclic) bond motifs is 1. The monoisotopic (exact) mass is 652 g/mol. The second kappa shape index (κ2) is 16.4. The van der Waals surface area contributed by atoms with E-state index in [2.05, 4.69) is 4.98 Å². The average Bonchev–Trinajstić information content (AvgIpc) is 3.11. The topological polar surface area (TPSA) is 106 Å². The molecule has 0 bridgehead atoms. The molecule has 4 aromatic carbocycles. The van der Waals surface area contributed by atoms with Gasteiger partial charge in [0.15, 0.2) is 11.7 Å². The molecule has 0 atom stereocenters. The highest BCUT2D eigenvalue weighted by Crippen LogP contribution is 2.30. The zero-order chi connectivity index (χ0) is 33.9. The first kappa shape index (κ1) is 33.8. The predicted molar refractivity (Wildman–Crippen MR) is 179 cm³/mol. The zero-order valence-corrected chi connectivity index (χ0v) is 27.1. The molecule has 1 heterocycles. The molecular weight excluding hydrogens is 615 g/mol. The highest BCUT2D eigenvalue weighted by Gasteiger charge is 2.29. The smallest absolute Gasteiger partial charge is 0.320 e. The van der Waals surface area contributed by atoms with Crippen molar-refractivity contribution in [1.29, 1.82) is 0 Å². The lowest BCUT2D eigenvalue weighted by molar-refractivity contribution is -0.162. The maximum absolute atomic E-state index is 14.3. The standard InChI is InChI=1S/C38H37FN2O7/c1-4-45-37(42)32(38(43)46-5-2)10-8-20-47-31-19-16-26-21-28(13-12-27(26)22-31)36-40-34(25-14-17-30(44-3)18-15-25)23-35(41-36)48-24-29-9-6-7-11-33(29)39/h6-7,9,11-19,21-23,32H,4-5,8,10,20,24H2,1-3H3. The molecule has 0 unspecified atom stereocenters. The Hall–Kier alpha value is -5.51. The molecule has 5 aromatic rings. The third kappa shape index (κ3) is 8.64. The number of methoxy groups -OCH3 is 1. The number of ether oxygens (including phenoxy) is 5. The number of rotatable bonds is 15. The summed E-state index contributed by atoms with van der Waals surface area (Å²) < 4.78 is 41.6. The molecule has 9 nitrogen and oxygen atoms in total. The lowest BCUT2D eigenvalue weighted by Gasteiger charge is -2.14. The van der Waals surface area contributed by atoms with Crippen LogP contribution in [0.3, 0.4) is 0 Å². The minimum atomic E-state index is -0.973. The van der Waals surface area contributed by atoms with Crippen LogP contribution in [0.5, 0.6) is 17.4 Å². The van der Waals surface area contributed by atoms with E-state index in [4.69, 9.17) is 28.7 Å². The molecule has 0 spiro atoms. The van der Waals surface area contributed by atoms with Crippen LogP contribution in [-0.4, -0.2) is 48.8 Å². The van der Waals surface area contributed by atoms with E-state index in [1.54, 1.807) is 45.2 Å². The van der Waals surface area contributed by atoms with E-state index >= 15 is 0 Å². The van der Waals surface area contributed by atoms with Gasteiger partial charge in [-0.15, -0.1) is 0 Å². The van der Waals surface area contributed by atoms with Crippen LogP contribution >= 0.6 is 0 Å². The third-order valence-electron chi connectivity index (χ3n) is 7.54. The van der Waals surface area contributed by atoms with Crippen molar-refractivity contribution in [2.75, 3.05) is 26.9 Å². The van der Waals surface area contributed by atoms with Gasteiger partial charge in [-0.25, -0.2) is 9.37 Å². The second-order valence-corrected chi connectivity index (χ2v) is 10.8. The van der Waals surface area contributed by atoms with E-state index in [0.717, 1.165) is 27.6 Å². The van der Waals surface area contributed by atoms with E-state index < -0.39 is 17.9 Å². The van der Waals surface area contributed by atoms with Gasteiger partial charge in [0.2, 0.25) is 5.88 Å². The number of benzene rings is 4. The Morgan fingerprint density at radius 1 is 0.750 bits per heavy atom. The van der Waals surface area contributed by atoms with Crippen molar-refractivity contribution >= 4 is 22.7 Å². The molecule has 0 N–H and O–H groups in total. The van der Waals surface area contributed by atoms with E-state index in [-0.39, 0.29) is 32.1 Å². The van der Waals surface area contributed by atoms with Crippen LogP contribution in [0.15, 0.2) is 91.0 Å². The number of esters is 2. The summed E-state index contributed by atoms with van der Waals surface area (Å²) in [5.41, 5.74) is 2.67. The Morgan fingerprint density at radius 3 is 2.12 bits per heavy atom. The molecule has 0 saturated heterocycles. The second-order valence-electron chi connectivity index (χ2n) is 10.8. The summed E-state index contributed by atoms with van der Waals surface area (Å²) in [5.74, 6) is -0.352. The van der Waals surface area contributed by atoms with Crippen molar-refractivity contribution in [3.8, 4) is 40.0 Å². The first-order valence-electron chi connectivity index (χ1n) is 15.8. The van der Waals surface area contributed by atoms with Crippen LogP contribution in [0.1, 0.15) is 32.3 Å². The normalized spacial score (nSPS) is 10.9. The summed E-state index contributed by atoms with van der Waals surface area (Å²) >= 11 is 0. The van der Waals surface area contributed by atoms with Gasteiger partial charge < -0.3 is 23.7 Å². The van der Waals surface area contributed by atoms with Crippen molar-refractivity contribution in [2.45, 2.75) is 33.3 Å². The Morgan fingerprint density at radius 2 is 1.42 bits per heavy atom. The Labute approximate surface area is 278 Å². The van der Waals surface area contributed by atoms with Crippen LogP contribution < -0.4 is 14.2 Å². The fourth-order valence-electron chi connectivity index (χ4n) is 5.05. The van der Waals surface area contributed by atoms with Gasteiger partial charge in [0.25, 0.3) is 0 Å². The molecule has 0 fully saturated rings. The largest absolute Gasteiger partial charge is 0.497 e. The SMILES string of the molecule is CCOC(=O)C(CCCOc1ccc2cc(-c3nc(OCc4ccccc4F)cc(-c4ccc(OC)cc4)n3)ccc2c1)C(=O)OCC. The summed E-state index contributed by atoms with van der Waals surface area (Å²) in [6.45, 7) is 4.09. The van der Waals surface area contributed by atoms with E-state index in [0.29, 0.717) is 41.7 Å². The van der Waals surface area contributed by atoms with Crippen LogP contribution in [0.2, 0.25) is 0 Å². The minimum Gasteiger partial charge on any atom is -0.497 e. The van der Waals surface area contributed by atoms with E-state index in [9.17, 15) is 14.0 Å². The lowest BCUT2D eigenvalue weighted by Crippen LogP contribution is -2.28. The zero-order valence-electron chi connectivity index (χ0n) is 27.1. The van der Waals surface area contributed by atoms with Gasteiger partial charge in [-0.1, -0.05) is 36.4 Å². The number of hydrogen-bond acceptors (Lipinski definition) is 9. The van der Waals surface area contributed by atoms with Gasteiger partial charge in [0, 0.05) is 22.8 Å². The molecule has 10 heteroatoms. The molecule has 248 valence electrons. The third-order valence-corrected chi connectivity index (χ3v) is 7.54. The van der Waals surface area contributed by atoms with Crippen molar-refractivity contribution in [1.82, 2.24) is 9.97 Å². The number of halogens is 1. The molecule has 5 rings (SSSR count). The Balaban J connectivity index is 1.33. The molecule has 0 saturated carbocycles. The number of nitrogens with zero attached hydrogens (tertiary/aromatic N) is 2. The number of hydrogen-bond donors (Lipinski definition) is 0. The van der Waals surface area contributed by atoms with Crippen molar-refractivity contribution < 1.29 is 37.7 Å².